The Bertz CT molecular complexity index is 2160. The van der Waals surface area contributed by atoms with Crippen molar-refractivity contribution in [3.8, 4) is 0 Å². The predicted molar refractivity (Wildman–Crippen MR) is 169 cm³/mol. The van der Waals surface area contributed by atoms with E-state index in [1.165, 1.54) is 11.6 Å². The molecule has 3 aromatic rings. The van der Waals surface area contributed by atoms with Gasteiger partial charge in [0.2, 0.25) is 23.6 Å². The minimum Gasteiger partial charge on any atom is -0.387 e. The lowest BCUT2D eigenvalue weighted by atomic mass is 9.93. The van der Waals surface area contributed by atoms with Gasteiger partial charge in [0.05, 0.1) is 26.6 Å². The number of aryl methyl sites for hydroxylation is 1. The molecule has 0 radical (unpaired) electrons. The number of H-pyrrole nitrogens is 1. The summed E-state index contributed by atoms with van der Waals surface area (Å²) in [5.41, 5.74) is 4.82. The number of hydrogen-bond acceptors (Lipinski definition) is 21. The lowest BCUT2D eigenvalue weighted by Crippen LogP contribution is -2.73. The third-order valence-electron chi connectivity index (χ3n) is 8.58. The van der Waals surface area contributed by atoms with Gasteiger partial charge in [-0.15, -0.1) is 0 Å². The van der Waals surface area contributed by atoms with E-state index >= 15 is 0 Å². The number of aliphatic hydroxyl groups is 5. The summed E-state index contributed by atoms with van der Waals surface area (Å²) >= 11 is 0. The Morgan fingerprint density at radius 2 is 1.83 bits per heavy atom. The van der Waals surface area contributed by atoms with Crippen molar-refractivity contribution in [3.63, 3.8) is 0 Å². The fourth-order valence-electron chi connectivity index (χ4n) is 6.12. The Balaban J connectivity index is 1.16. The van der Waals surface area contributed by atoms with Crippen molar-refractivity contribution in [1.29, 1.82) is 0 Å². The molecule has 2 saturated heterocycles. The van der Waals surface area contributed by atoms with Gasteiger partial charge in [-0.25, -0.2) is 28.3 Å². The van der Waals surface area contributed by atoms with Gasteiger partial charge in [-0.1, -0.05) is 0 Å². The largest absolute Gasteiger partial charge is 0.488 e. The fraction of sp³-hybridized carbons (Fsp3) is 0.591. The maximum absolute atomic E-state index is 13.4. The smallest absolute Gasteiger partial charge is 0.387 e. The Labute approximate surface area is 294 Å². The van der Waals surface area contributed by atoms with Gasteiger partial charge < -0.3 is 65.9 Å². The van der Waals surface area contributed by atoms with Crippen LogP contribution in [0.15, 0.2) is 22.4 Å². The Morgan fingerprint density at radius 3 is 2.51 bits per heavy atom. The van der Waals surface area contributed by atoms with Gasteiger partial charge in [-0.2, -0.15) is 14.3 Å². The van der Waals surface area contributed by atoms with Crippen LogP contribution in [0.4, 0.5) is 11.8 Å². The third kappa shape index (κ3) is 6.74. The van der Waals surface area contributed by atoms with Gasteiger partial charge in [0.15, 0.2) is 35.2 Å². The number of aliphatic hydroxyl groups excluding tert-OH is 4. The second kappa shape index (κ2) is 13.5. The van der Waals surface area contributed by atoms with Crippen LogP contribution in [0, 0.1) is 0 Å². The second-order valence-electron chi connectivity index (χ2n) is 11.9. The van der Waals surface area contributed by atoms with Gasteiger partial charge in [-0.05, 0) is 0 Å². The number of phosphoric ester groups is 1. The van der Waals surface area contributed by atoms with Crippen molar-refractivity contribution in [2.75, 3.05) is 38.0 Å². The maximum Gasteiger partial charge on any atom is 0.488 e. The monoisotopic (exact) mass is 819 g/mol. The summed E-state index contributed by atoms with van der Waals surface area (Å²) in [7, 11) is -15.7. The molecule has 3 aromatic heterocycles. The lowest BCUT2D eigenvalue weighted by Gasteiger charge is -2.41. The lowest BCUT2D eigenvalue weighted by molar-refractivity contribution is -0.808. The first-order valence-electron chi connectivity index (χ1n) is 14.8. The van der Waals surface area contributed by atoms with E-state index in [1.54, 1.807) is 0 Å². The number of aliphatic imine (C=N–C) groups is 1. The molecule has 6 rings (SSSR count). The average Bonchev–Trinajstić information content (AvgIpc) is 3.78. The number of fused-ring (bicyclic) bond motifs is 2. The molecule has 0 aliphatic carbocycles. The molecule has 0 amide bonds. The number of methoxy groups -OCH3 is 1. The van der Waals surface area contributed by atoms with E-state index < -0.39 is 96.6 Å². The topological polar surface area (TPSA) is 417 Å². The number of nitrogens with zero attached hydrogens (tertiary/aromatic N) is 6. The van der Waals surface area contributed by atoms with E-state index in [4.69, 9.17) is 25.7 Å². The molecule has 0 bridgehead atoms. The van der Waals surface area contributed by atoms with Crippen LogP contribution in [0.25, 0.3) is 11.2 Å². The van der Waals surface area contributed by atoms with Crippen LogP contribution in [-0.2, 0) is 53.8 Å². The van der Waals surface area contributed by atoms with Gasteiger partial charge in [0.1, 0.15) is 24.9 Å². The highest BCUT2D eigenvalue weighted by atomic mass is 31.3. The molecule has 0 aromatic carbocycles. The van der Waals surface area contributed by atoms with Crippen molar-refractivity contribution < 1.29 is 85.8 Å². The Hall–Kier alpha value is -3.24. The number of nitrogen functional groups attached to an aromatic ring is 1. The number of phosphoric acid groups is 2. The molecule has 0 saturated carbocycles. The quantitative estimate of drug-likeness (QED) is 0.0602. The van der Waals surface area contributed by atoms with Gasteiger partial charge in [0.25, 0.3) is 17.3 Å². The highest BCUT2D eigenvalue weighted by molar-refractivity contribution is 7.68. The fourth-order valence-corrected chi connectivity index (χ4v) is 10.5. The number of nitrogens with two attached hydrogens (primary N) is 2. The zero-order valence-electron chi connectivity index (χ0n) is 27.1. The molecular weight excluding hydrogens is 785 g/mol. The van der Waals surface area contributed by atoms with Crippen LogP contribution >= 0.6 is 23.2 Å². The Morgan fingerprint density at radius 1 is 1.13 bits per heavy atom. The first-order chi connectivity index (χ1) is 24.6. The van der Waals surface area contributed by atoms with Gasteiger partial charge in [0, 0.05) is 7.11 Å². The molecule has 11 atom stereocenters. The number of anilines is 2. The maximum atomic E-state index is 13.4. The molecule has 0 spiro atoms. The van der Waals surface area contributed by atoms with Crippen LogP contribution in [0.2, 0.25) is 0 Å². The van der Waals surface area contributed by atoms with E-state index in [0.717, 1.165) is 28.9 Å². The molecule has 6 heterocycles. The number of imidazole rings is 2. The third-order valence-corrected chi connectivity index (χ3v) is 13.5. The van der Waals surface area contributed by atoms with Crippen LogP contribution in [0.1, 0.15) is 18.1 Å². The standard InChI is InChI=1S/C22H33N10O18P3/c1-30-7-32(14-10(30)16(36)29-20(24)27-14)22(38)5-46-4-21(22,45-2)18(37)51(39,40)49-53(43,44)50-52(41,42)47-3-8-11(33)12(34)17(48-8)31-6-25-9-13(31)26-19(23)28-15(9)35/h6-8,11-12,16-18,33-34,36-38H,3-5H2,1-2H3,(H8-,23,24,26,27,28,29,35,39,40,41,42,43,44)/p+1/t8-,11?,12+,16?,17-,18?,21?,22+/m1/s1. The molecule has 3 aliphatic heterocycles. The molecule has 7 unspecified atom stereocenters. The molecular formula is C22H34N10O18P3+. The summed E-state index contributed by atoms with van der Waals surface area (Å²) in [6, 6.07) is 0. The van der Waals surface area contributed by atoms with E-state index in [1.807, 2.05) is 0 Å². The number of guanidine groups is 1. The van der Waals surface area contributed by atoms with Crippen molar-refractivity contribution in [1.82, 2.24) is 24.1 Å². The van der Waals surface area contributed by atoms with Crippen molar-refractivity contribution >= 4 is 52.1 Å². The van der Waals surface area contributed by atoms with Gasteiger partial charge >= 0.3 is 23.2 Å². The first kappa shape index (κ1) is 39.5. The number of hydrogen-bond donors (Lipinski definition) is 12. The summed E-state index contributed by atoms with van der Waals surface area (Å²) in [4.78, 5) is 57.0. The predicted octanol–water partition coefficient (Wildman–Crippen LogP) is -4.81. The van der Waals surface area contributed by atoms with E-state index in [2.05, 4.69) is 38.4 Å². The molecule has 2 fully saturated rings. The number of ether oxygens (including phenoxy) is 3. The highest BCUT2D eigenvalue weighted by Gasteiger charge is 2.70. The van der Waals surface area contributed by atoms with Crippen LogP contribution < -0.4 is 26.9 Å². The molecule has 3 aliphatic rings. The highest BCUT2D eigenvalue weighted by Crippen LogP contribution is 2.70. The van der Waals surface area contributed by atoms with Crippen molar-refractivity contribution in [2.24, 2.45) is 17.8 Å². The number of rotatable bonds is 12. The summed E-state index contributed by atoms with van der Waals surface area (Å²) in [6.07, 6.45) is -6.15. The van der Waals surface area contributed by atoms with E-state index in [9.17, 15) is 58.7 Å². The zero-order valence-corrected chi connectivity index (χ0v) is 29.8. The second-order valence-corrected chi connectivity index (χ2v) is 17.0. The summed E-state index contributed by atoms with van der Waals surface area (Å²) in [6.45, 7) is -2.74. The minimum absolute atomic E-state index is 0.0315. The van der Waals surface area contributed by atoms with E-state index in [0.29, 0.717) is 0 Å². The molecule has 294 valence electrons. The number of aromatic amines is 1. The molecule has 28 nitrogen and oxygen atoms in total. The average molecular weight is 819 g/mol. The molecule has 31 heteroatoms. The summed E-state index contributed by atoms with van der Waals surface area (Å²) < 4.78 is 71.3. The van der Waals surface area contributed by atoms with Crippen LogP contribution in [0.5, 0.6) is 0 Å². The number of aromatic nitrogens is 6. The minimum atomic E-state index is -6.19. The van der Waals surface area contributed by atoms with Crippen molar-refractivity contribution in [3.05, 3.63) is 28.7 Å². The molecule has 14 N–H and O–H groups in total. The summed E-state index contributed by atoms with van der Waals surface area (Å²) in [5, 5.41) is 57.2. The SMILES string of the molecule is COC1(C(O)P(=O)(O)OP(=O)(O)OP(=O)(O)OC[C@H]2O[C@@H](n3cnc4c(=O)[nH]c(N)nc43)[C@@H](O)C2O)COC[C@@]1(O)[n+]1cn(C)c2c1NC(N)=NC2O. The van der Waals surface area contributed by atoms with Crippen LogP contribution in [0.3, 0.4) is 0 Å². The van der Waals surface area contributed by atoms with Crippen molar-refractivity contribution in [2.45, 2.75) is 47.9 Å². The number of nitrogens with one attached hydrogen (secondary N) is 2. The summed E-state index contributed by atoms with van der Waals surface area (Å²) in [5.74, 6) is -3.72. The normalized spacial score (nSPS) is 32.7. The molecule has 53 heavy (non-hydrogen) atoms. The van der Waals surface area contributed by atoms with Gasteiger partial charge in [-0.3, -0.25) is 28.0 Å². The zero-order chi connectivity index (χ0) is 39.1. The van der Waals surface area contributed by atoms with E-state index in [-0.39, 0.29) is 34.6 Å². The first-order valence-corrected chi connectivity index (χ1v) is 19.4. The van der Waals surface area contributed by atoms with Crippen LogP contribution in [-0.4, -0.2) is 127 Å². The Kier molecular flexibility index (Phi) is 10.1.